The number of nitrogens with one attached hydrogen (secondary N) is 2. The average Bonchev–Trinajstić information content (AvgIpc) is 2.26. The van der Waals surface area contributed by atoms with Gasteiger partial charge in [-0.1, -0.05) is 13.0 Å². The molecule has 0 spiro atoms. The zero-order chi connectivity index (χ0) is 13.7. The molecule has 0 radical (unpaired) electrons. The topological polar surface area (TPSA) is 44.4 Å². The van der Waals surface area contributed by atoms with E-state index in [4.69, 9.17) is 0 Å². The molecule has 104 valence electrons. The van der Waals surface area contributed by atoms with Crippen LogP contribution >= 0.6 is 0 Å². The third-order valence-corrected chi connectivity index (χ3v) is 3.24. The molecule has 0 aliphatic carbocycles. The molecule has 0 unspecified atom stereocenters. The van der Waals surface area contributed by atoms with Gasteiger partial charge in [0.2, 0.25) is 5.91 Å². The van der Waals surface area contributed by atoms with Crippen molar-refractivity contribution in [2.45, 2.75) is 19.4 Å². The number of hydrogen-bond acceptors (Lipinski definition) is 3. The molecule has 1 aromatic rings. The first-order valence-corrected chi connectivity index (χ1v) is 6.69. The van der Waals surface area contributed by atoms with Gasteiger partial charge in [-0.25, -0.2) is 4.39 Å². The van der Waals surface area contributed by atoms with Gasteiger partial charge in [0.05, 0.1) is 6.54 Å². The maximum atomic E-state index is 13.0. The number of anilines is 1. The van der Waals surface area contributed by atoms with Crippen LogP contribution in [0.25, 0.3) is 0 Å². The fourth-order valence-corrected chi connectivity index (χ4v) is 2.16. The molecule has 2 N–H and O–H groups in total. The molecule has 1 aromatic carbocycles. The second kappa shape index (κ2) is 6.63. The lowest BCUT2D eigenvalue weighted by molar-refractivity contribution is -0.118. The van der Waals surface area contributed by atoms with Crippen molar-refractivity contribution < 1.29 is 9.18 Å². The van der Waals surface area contributed by atoms with Gasteiger partial charge in [0.25, 0.3) is 0 Å². The summed E-state index contributed by atoms with van der Waals surface area (Å²) in [5.74, 6) is -0.433. The standard InChI is InChI=1S/C14H20FN3O/c1-2-6-18(13-8-16-9-13)10-14(19)17-12-5-3-4-11(15)7-12/h3-5,7,13,16H,2,6,8-10H2,1H3,(H,17,19). The van der Waals surface area contributed by atoms with Crippen LogP contribution in [0, 0.1) is 5.82 Å². The first-order chi connectivity index (χ1) is 9.19. The summed E-state index contributed by atoms with van der Waals surface area (Å²) in [5.41, 5.74) is 0.508. The van der Waals surface area contributed by atoms with Crippen LogP contribution in [0.2, 0.25) is 0 Å². The molecule has 0 atom stereocenters. The average molecular weight is 265 g/mol. The molecule has 1 fully saturated rings. The summed E-state index contributed by atoms with van der Waals surface area (Å²) in [7, 11) is 0. The summed E-state index contributed by atoms with van der Waals surface area (Å²) in [6.45, 7) is 5.24. The molecule has 19 heavy (non-hydrogen) atoms. The van der Waals surface area contributed by atoms with Crippen LogP contribution in [0.15, 0.2) is 24.3 Å². The minimum Gasteiger partial charge on any atom is -0.325 e. The van der Waals surface area contributed by atoms with Gasteiger partial charge >= 0.3 is 0 Å². The van der Waals surface area contributed by atoms with Crippen molar-refractivity contribution in [3.05, 3.63) is 30.1 Å². The number of halogens is 1. The Morgan fingerprint density at radius 3 is 2.89 bits per heavy atom. The minimum absolute atomic E-state index is 0.0917. The van der Waals surface area contributed by atoms with E-state index in [1.165, 1.54) is 12.1 Å². The quantitative estimate of drug-likeness (QED) is 0.818. The van der Waals surface area contributed by atoms with Crippen molar-refractivity contribution in [3.8, 4) is 0 Å². The Morgan fingerprint density at radius 1 is 1.53 bits per heavy atom. The summed E-state index contributed by atoms with van der Waals surface area (Å²) < 4.78 is 13.0. The molecular formula is C14H20FN3O. The molecule has 0 saturated carbocycles. The summed E-state index contributed by atoms with van der Waals surface area (Å²) >= 11 is 0. The fraction of sp³-hybridized carbons (Fsp3) is 0.500. The molecular weight excluding hydrogens is 245 g/mol. The van der Waals surface area contributed by atoms with Crippen molar-refractivity contribution in [2.24, 2.45) is 0 Å². The lowest BCUT2D eigenvalue weighted by Gasteiger charge is -2.37. The van der Waals surface area contributed by atoms with E-state index in [0.29, 0.717) is 18.3 Å². The zero-order valence-corrected chi connectivity index (χ0v) is 11.2. The van der Waals surface area contributed by atoms with E-state index < -0.39 is 0 Å². The highest BCUT2D eigenvalue weighted by Crippen LogP contribution is 2.10. The Hall–Kier alpha value is -1.46. The molecule has 1 amide bonds. The Labute approximate surface area is 113 Å². The molecule has 1 saturated heterocycles. The number of carbonyl (C=O) groups is 1. The second-order valence-electron chi connectivity index (χ2n) is 4.84. The van der Waals surface area contributed by atoms with E-state index in [1.807, 2.05) is 0 Å². The lowest BCUT2D eigenvalue weighted by Crippen LogP contribution is -2.58. The Kier molecular flexibility index (Phi) is 4.87. The summed E-state index contributed by atoms with van der Waals surface area (Å²) in [4.78, 5) is 14.1. The van der Waals surface area contributed by atoms with Crippen molar-refractivity contribution >= 4 is 11.6 Å². The smallest absolute Gasteiger partial charge is 0.238 e. The second-order valence-corrected chi connectivity index (χ2v) is 4.84. The Bertz CT molecular complexity index is 434. The maximum absolute atomic E-state index is 13.0. The third kappa shape index (κ3) is 4.01. The molecule has 0 aromatic heterocycles. The summed E-state index contributed by atoms with van der Waals surface area (Å²) in [5, 5.41) is 5.94. The number of carbonyl (C=O) groups excluding carboxylic acids is 1. The van der Waals surface area contributed by atoms with Crippen molar-refractivity contribution in [2.75, 3.05) is 31.5 Å². The van der Waals surface area contributed by atoms with Gasteiger partial charge in [0.1, 0.15) is 5.82 Å². The molecule has 0 bridgehead atoms. The molecule has 2 rings (SSSR count). The van der Waals surface area contributed by atoms with Crippen LogP contribution < -0.4 is 10.6 Å². The van der Waals surface area contributed by atoms with Gasteiger partial charge in [-0.15, -0.1) is 0 Å². The number of amides is 1. The molecule has 1 heterocycles. The van der Waals surface area contributed by atoms with Gasteiger partial charge in [-0.05, 0) is 31.2 Å². The van der Waals surface area contributed by atoms with Crippen LogP contribution in [-0.2, 0) is 4.79 Å². The van der Waals surface area contributed by atoms with Crippen molar-refractivity contribution in [1.82, 2.24) is 10.2 Å². The number of benzene rings is 1. The summed E-state index contributed by atoms with van der Waals surface area (Å²) in [6, 6.07) is 6.41. The van der Waals surface area contributed by atoms with E-state index in [9.17, 15) is 9.18 Å². The van der Waals surface area contributed by atoms with Crippen LogP contribution in [0.1, 0.15) is 13.3 Å². The van der Waals surface area contributed by atoms with Gasteiger partial charge in [0.15, 0.2) is 0 Å². The summed E-state index contributed by atoms with van der Waals surface area (Å²) in [6.07, 6.45) is 1.02. The van der Waals surface area contributed by atoms with E-state index >= 15 is 0 Å². The van der Waals surface area contributed by atoms with Gasteiger partial charge in [-0.3, -0.25) is 9.69 Å². The Morgan fingerprint density at radius 2 is 2.32 bits per heavy atom. The number of nitrogens with zero attached hydrogens (tertiary/aromatic N) is 1. The van der Waals surface area contributed by atoms with Gasteiger partial charge in [-0.2, -0.15) is 0 Å². The van der Waals surface area contributed by atoms with Crippen LogP contribution in [0.5, 0.6) is 0 Å². The highest BCUT2D eigenvalue weighted by Gasteiger charge is 2.25. The SMILES string of the molecule is CCCN(CC(=O)Nc1cccc(F)c1)C1CNC1. The number of hydrogen-bond donors (Lipinski definition) is 2. The Balaban J connectivity index is 1.88. The highest BCUT2D eigenvalue weighted by molar-refractivity contribution is 5.92. The predicted octanol–water partition coefficient (Wildman–Crippen LogP) is 1.45. The van der Waals surface area contributed by atoms with E-state index in [0.717, 1.165) is 26.1 Å². The predicted molar refractivity (Wildman–Crippen MR) is 73.6 cm³/mol. The van der Waals surface area contributed by atoms with Crippen LogP contribution in [-0.4, -0.2) is 43.0 Å². The van der Waals surface area contributed by atoms with E-state index in [-0.39, 0.29) is 11.7 Å². The largest absolute Gasteiger partial charge is 0.325 e. The minimum atomic E-state index is -0.341. The van der Waals surface area contributed by atoms with Crippen molar-refractivity contribution in [1.29, 1.82) is 0 Å². The van der Waals surface area contributed by atoms with Gasteiger partial charge < -0.3 is 10.6 Å². The van der Waals surface area contributed by atoms with Crippen LogP contribution in [0.4, 0.5) is 10.1 Å². The lowest BCUT2D eigenvalue weighted by atomic mass is 10.1. The highest BCUT2D eigenvalue weighted by atomic mass is 19.1. The fourth-order valence-electron chi connectivity index (χ4n) is 2.16. The molecule has 1 aliphatic heterocycles. The van der Waals surface area contributed by atoms with Gasteiger partial charge in [0, 0.05) is 24.8 Å². The molecule has 5 heteroatoms. The molecule has 4 nitrogen and oxygen atoms in total. The first-order valence-electron chi connectivity index (χ1n) is 6.69. The number of rotatable bonds is 6. The first kappa shape index (κ1) is 14.0. The monoisotopic (exact) mass is 265 g/mol. The van der Waals surface area contributed by atoms with E-state index in [1.54, 1.807) is 12.1 Å². The van der Waals surface area contributed by atoms with E-state index in [2.05, 4.69) is 22.5 Å². The zero-order valence-electron chi connectivity index (χ0n) is 11.2. The third-order valence-electron chi connectivity index (χ3n) is 3.24. The van der Waals surface area contributed by atoms with Crippen molar-refractivity contribution in [3.63, 3.8) is 0 Å². The van der Waals surface area contributed by atoms with Crippen LogP contribution in [0.3, 0.4) is 0 Å². The maximum Gasteiger partial charge on any atom is 0.238 e. The molecule has 1 aliphatic rings. The normalized spacial score (nSPS) is 15.3.